The number of aromatic nitrogens is 2. The Labute approximate surface area is 101 Å². The number of rotatable bonds is 5. The molecule has 1 aliphatic rings. The van der Waals surface area contributed by atoms with Crippen LogP contribution in [0.5, 0.6) is 0 Å². The molecule has 0 unspecified atom stereocenters. The Morgan fingerprint density at radius 3 is 2.88 bits per heavy atom. The van der Waals surface area contributed by atoms with E-state index in [0.717, 1.165) is 32.5 Å². The molecule has 1 aliphatic heterocycles. The Balaban J connectivity index is 1.78. The largest absolute Gasteiger partial charge is 0.381 e. The molecule has 1 fully saturated rings. The van der Waals surface area contributed by atoms with Gasteiger partial charge in [0.1, 0.15) is 4.90 Å². The lowest BCUT2D eigenvalue weighted by Gasteiger charge is -2.21. The molecular weight excluding hydrogens is 242 g/mol. The monoisotopic (exact) mass is 259 g/mol. The summed E-state index contributed by atoms with van der Waals surface area (Å²) in [5.74, 6) is 0.566. The van der Waals surface area contributed by atoms with Gasteiger partial charge in [-0.1, -0.05) is 0 Å². The van der Waals surface area contributed by atoms with Gasteiger partial charge in [-0.25, -0.2) is 13.1 Å². The van der Waals surface area contributed by atoms with E-state index in [0.29, 0.717) is 12.5 Å². The molecule has 2 rings (SSSR count). The summed E-state index contributed by atoms with van der Waals surface area (Å²) < 4.78 is 31.3. The summed E-state index contributed by atoms with van der Waals surface area (Å²) >= 11 is 0. The highest BCUT2D eigenvalue weighted by molar-refractivity contribution is 7.89. The molecule has 0 aromatic carbocycles. The minimum atomic E-state index is -3.39. The lowest BCUT2D eigenvalue weighted by Crippen LogP contribution is -2.27. The summed E-state index contributed by atoms with van der Waals surface area (Å²) in [6.45, 7) is 2.05. The van der Waals surface area contributed by atoms with Crippen LogP contribution < -0.4 is 4.72 Å². The minimum absolute atomic E-state index is 0.185. The number of nitrogens with zero attached hydrogens (tertiary/aromatic N) is 1. The number of ether oxygens (including phenoxy) is 1. The molecule has 1 aromatic heterocycles. The lowest BCUT2D eigenvalue weighted by molar-refractivity contribution is 0.0644. The van der Waals surface area contributed by atoms with E-state index in [2.05, 4.69) is 14.9 Å². The normalized spacial score (nSPS) is 18.4. The summed E-state index contributed by atoms with van der Waals surface area (Å²) in [4.78, 5) is 0.185. The van der Waals surface area contributed by atoms with Gasteiger partial charge >= 0.3 is 0 Å². The van der Waals surface area contributed by atoms with Crippen LogP contribution in [0, 0.1) is 5.92 Å². The van der Waals surface area contributed by atoms with E-state index < -0.39 is 10.0 Å². The molecule has 2 N–H and O–H groups in total. The van der Waals surface area contributed by atoms with Gasteiger partial charge in [0, 0.05) is 26.0 Å². The van der Waals surface area contributed by atoms with E-state index in [4.69, 9.17) is 4.74 Å². The van der Waals surface area contributed by atoms with Gasteiger partial charge < -0.3 is 4.74 Å². The molecular formula is C10H17N3O3S. The van der Waals surface area contributed by atoms with Crippen LogP contribution >= 0.6 is 0 Å². The molecule has 0 amide bonds. The van der Waals surface area contributed by atoms with E-state index >= 15 is 0 Å². The fourth-order valence-corrected chi connectivity index (χ4v) is 2.85. The molecule has 2 heterocycles. The van der Waals surface area contributed by atoms with Crippen molar-refractivity contribution >= 4 is 10.0 Å². The highest BCUT2D eigenvalue weighted by Crippen LogP contribution is 2.17. The standard InChI is InChI=1S/C10H17N3O3S/c14-17(15,10-7-11-12-8-10)13-4-1-9-2-5-16-6-3-9/h7-9,13H,1-6H2,(H,11,12). The second kappa shape index (κ2) is 5.61. The zero-order valence-corrected chi connectivity index (χ0v) is 10.4. The zero-order chi connectivity index (χ0) is 12.1. The molecule has 0 aliphatic carbocycles. The molecule has 0 radical (unpaired) electrons. The number of sulfonamides is 1. The third-order valence-corrected chi connectivity index (χ3v) is 4.40. The first kappa shape index (κ1) is 12.5. The summed E-state index contributed by atoms with van der Waals surface area (Å²) in [5, 5.41) is 6.12. The summed E-state index contributed by atoms with van der Waals surface area (Å²) in [6.07, 6.45) is 5.58. The van der Waals surface area contributed by atoms with E-state index in [1.54, 1.807) is 0 Å². The van der Waals surface area contributed by atoms with Gasteiger partial charge in [-0.3, -0.25) is 5.10 Å². The fourth-order valence-electron chi connectivity index (χ4n) is 1.90. The first-order valence-electron chi connectivity index (χ1n) is 5.75. The van der Waals surface area contributed by atoms with Crippen LogP contribution in [-0.4, -0.2) is 38.4 Å². The number of hydrogen-bond donors (Lipinski definition) is 2. The Bertz CT molecular complexity index is 424. The molecule has 96 valence electrons. The van der Waals surface area contributed by atoms with Crippen LogP contribution in [0.25, 0.3) is 0 Å². The minimum Gasteiger partial charge on any atom is -0.381 e. The molecule has 17 heavy (non-hydrogen) atoms. The maximum Gasteiger partial charge on any atom is 0.243 e. The van der Waals surface area contributed by atoms with E-state index in [1.807, 2.05) is 0 Å². The van der Waals surface area contributed by atoms with Crippen molar-refractivity contribution in [2.75, 3.05) is 19.8 Å². The highest BCUT2D eigenvalue weighted by Gasteiger charge is 2.17. The van der Waals surface area contributed by atoms with Crippen LogP contribution in [-0.2, 0) is 14.8 Å². The van der Waals surface area contributed by atoms with Crippen LogP contribution in [0.15, 0.2) is 17.3 Å². The van der Waals surface area contributed by atoms with E-state index in [-0.39, 0.29) is 4.90 Å². The number of hydrogen-bond acceptors (Lipinski definition) is 4. The van der Waals surface area contributed by atoms with Crippen molar-refractivity contribution in [2.45, 2.75) is 24.2 Å². The predicted molar refractivity (Wildman–Crippen MR) is 61.9 cm³/mol. The van der Waals surface area contributed by atoms with Crippen molar-refractivity contribution in [1.29, 1.82) is 0 Å². The molecule has 0 atom stereocenters. The number of aromatic amines is 1. The molecule has 0 bridgehead atoms. The van der Waals surface area contributed by atoms with Gasteiger partial charge in [-0.2, -0.15) is 5.10 Å². The van der Waals surface area contributed by atoms with Crippen molar-refractivity contribution in [2.24, 2.45) is 5.92 Å². The lowest BCUT2D eigenvalue weighted by atomic mass is 9.97. The third kappa shape index (κ3) is 3.52. The van der Waals surface area contributed by atoms with Crippen molar-refractivity contribution in [3.63, 3.8) is 0 Å². The zero-order valence-electron chi connectivity index (χ0n) is 9.55. The van der Waals surface area contributed by atoms with Crippen molar-refractivity contribution < 1.29 is 13.2 Å². The van der Waals surface area contributed by atoms with Crippen molar-refractivity contribution in [3.05, 3.63) is 12.4 Å². The smallest absolute Gasteiger partial charge is 0.243 e. The molecule has 1 aromatic rings. The quantitative estimate of drug-likeness (QED) is 0.806. The molecule has 1 saturated heterocycles. The summed E-state index contributed by atoms with van der Waals surface area (Å²) in [5.41, 5.74) is 0. The second-order valence-corrected chi connectivity index (χ2v) is 5.94. The highest BCUT2D eigenvalue weighted by atomic mass is 32.2. The van der Waals surface area contributed by atoms with Crippen LogP contribution in [0.2, 0.25) is 0 Å². The average molecular weight is 259 g/mol. The maximum absolute atomic E-state index is 11.7. The van der Waals surface area contributed by atoms with E-state index in [1.165, 1.54) is 12.4 Å². The first-order chi connectivity index (χ1) is 8.18. The Morgan fingerprint density at radius 1 is 1.47 bits per heavy atom. The predicted octanol–water partition coefficient (Wildman–Crippen LogP) is 0.505. The molecule has 0 spiro atoms. The van der Waals surface area contributed by atoms with Gasteiger partial charge in [0.25, 0.3) is 0 Å². The van der Waals surface area contributed by atoms with Gasteiger partial charge in [0.2, 0.25) is 10.0 Å². The molecule has 7 heteroatoms. The van der Waals surface area contributed by atoms with Crippen molar-refractivity contribution in [1.82, 2.24) is 14.9 Å². The average Bonchev–Trinajstić information content (AvgIpc) is 2.84. The van der Waals surface area contributed by atoms with Gasteiger partial charge in [0.15, 0.2) is 0 Å². The van der Waals surface area contributed by atoms with Crippen LogP contribution in [0.3, 0.4) is 0 Å². The first-order valence-corrected chi connectivity index (χ1v) is 7.23. The summed E-state index contributed by atoms with van der Waals surface area (Å²) in [7, 11) is -3.39. The second-order valence-electron chi connectivity index (χ2n) is 4.18. The molecule has 6 nitrogen and oxygen atoms in total. The van der Waals surface area contributed by atoms with Gasteiger partial charge in [-0.05, 0) is 25.2 Å². The van der Waals surface area contributed by atoms with Crippen LogP contribution in [0.4, 0.5) is 0 Å². The maximum atomic E-state index is 11.7. The summed E-state index contributed by atoms with van der Waals surface area (Å²) in [6, 6.07) is 0. The number of nitrogens with one attached hydrogen (secondary N) is 2. The van der Waals surface area contributed by atoms with Gasteiger partial charge in [0.05, 0.1) is 6.20 Å². The fraction of sp³-hybridized carbons (Fsp3) is 0.700. The Kier molecular flexibility index (Phi) is 4.14. The van der Waals surface area contributed by atoms with Crippen molar-refractivity contribution in [3.8, 4) is 0 Å². The number of H-pyrrole nitrogens is 1. The van der Waals surface area contributed by atoms with Crippen LogP contribution in [0.1, 0.15) is 19.3 Å². The topological polar surface area (TPSA) is 84.1 Å². The van der Waals surface area contributed by atoms with Gasteiger partial charge in [-0.15, -0.1) is 0 Å². The molecule has 0 saturated carbocycles. The Morgan fingerprint density at radius 2 is 2.24 bits per heavy atom. The Hall–Kier alpha value is -0.920. The van der Waals surface area contributed by atoms with E-state index in [9.17, 15) is 8.42 Å². The third-order valence-electron chi connectivity index (χ3n) is 2.97. The SMILES string of the molecule is O=S(=O)(NCCC1CCOCC1)c1cn[nH]c1.